The Labute approximate surface area is 119 Å². The lowest BCUT2D eigenvalue weighted by Gasteiger charge is -2.36. The van der Waals surface area contributed by atoms with Gasteiger partial charge in [-0.1, -0.05) is 42.5 Å². The van der Waals surface area contributed by atoms with E-state index >= 15 is 0 Å². The minimum atomic E-state index is -0.0421. The second-order valence-corrected chi connectivity index (χ2v) is 5.65. The molecule has 1 aliphatic heterocycles. The molecule has 0 amide bonds. The molecular weight excluding hydrogens is 248 g/mol. The monoisotopic (exact) mass is 268 g/mol. The molecule has 1 atom stereocenters. The highest BCUT2D eigenvalue weighted by Crippen LogP contribution is 2.22. The number of piperazine rings is 1. The summed E-state index contributed by atoms with van der Waals surface area (Å²) in [5.41, 5.74) is 0.843. The van der Waals surface area contributed by atoms with Gasteiger partial charge in [-0.3, -0.25) is 9.69 Å². The van der Waals surface area contributed by atoms with Crippen molar-refractivity contribution in [3.8, 4) is 0 Å². The summed E-state index contributed by atoms with van der Waals surface area (Å²) in [7, 11) is 4.12. The fourth-order valence-electron chi connectivity index (χ4n) is 2.91. The second kappa shape index (κ2) is 5.35. The van der Waals surface area contributed by atoms with Crippen molar-refractivity contribution in [1.29, 1.82) is 0 Å². The van der Waals surface area contributed by atoms with E-state index in [4.69, 9.17) is 0 Å². The SMILES string of the molecule is CN1CCN(C)C(C(=O)c2cccc3ccccc23)C1. The van der Waals surface area contributed by atoms with Crippen LogP contribution >= 0.6 is 0 Å². The van der Waals surface area contributed by atoms with E-state index in [1.807, 2.05) is 37.4 Å². The normalized spacial score (nSPS) is 21.2. The van der Waals surface area contributed by atoms with Gasteiger partial charge in [0.25, 0.3) is 0 Å². The summed E-state index contributed by atoms with van der Waals surface area (Å²) >= 11 is 0. The molecule has 0 aromatic heterocycles. The van der Waals surface area contributed by atoms with Crippen LogP contribution in [0.4, 0.5) is 0 Å². The van der Waals surface area contributed by atoms with Gasteiger partial charge in [-0.15, -0.1) is 0 Å². The minimum absolute atomic E-state index is 0.0421. The van der Waals surface area contributed by atoms with Crippen LogP contribution < -0.4 is 0 Å². The molecule has 3 rings (SSSR count). The number of rotatable bonds is 2. The Bertz CT molecular complexity index is 632. The Morgan fingerprint density at radius 2 is 1.80 bits per heavy atom. The van der Waals surface area contributed by atoms with Gasteiger partial charge in [0.15, 0.2) is 5.78 Å². The van der Waals surface area contributed by atoms with Gasteiger partial charge in [-0.05, 0) is 24.9 Å². The minimum Gasteiger partial charge on any atom is -0.303 e. The highest BCUT2D eigenvalue weighted by Gasteiger charge is 2.29. The fourth-order valence-corrected chi connectivity index (χ4v) is 2.91. The zero-order valence-corrected chi connectivity index (χ0v) is 12.0. The first-order chi connectivity index (χ1) is 9.66. The number of hydrogen-bond donors (Lipinski definition) is 0. The number of benzene rings is 2. The van der Waals surface area contributed by atoms with Crippen molar-refractivity contribution in [1.82, 2.24) is 9.80 Å². The molecule has 0 radical (unpaired) electrons. The summed E-state index contributed by atoms with van der Waals surface area (Å²) < 4.78 is 0. The van der Waals surface area contributed by atoms with Crippen molar-refractivity contribution in [3.63, 3.8) is 0 Å². The average molecular weight is 268 g/mol. The molecule has 0 spiro atoms. The Kier molecular flexibility index (Phi) is 3.55. The van der Waals surface area contributed by atoms with Crippen LogP contribution in [0.1, 0.15) is 10.4 Å². The third-order valence-electron chi connectivity index (χ3n) is 4.21. The molecule has 0 N–H and O–H groups in total. The molecule has 1 unspecified atom stereocenters. The Hall–Kier alpha value is -1.71. The Balaban J connectivity index is 2.00. The highest BCUT2D eigenvalue weighted by molar-refractivity contribution is 6.10. The number of fused-ring (bicyclic) bond motifs is 1. The van der Waals surface area contributed by atoms with E-state index in [9.17, 15) is 4.79 Å². The maximum absolute atomic E-state index is 12.9. The van der Waals surface area contributed by atoms with Gasteiger partial charge in [0.1, 0.15) is 0 Å². The molecule has 0 saturated carbocycles. The van der Waals surface area contributed by atoms with Crippen LogP contribution in [0.2, 0.25) is 0 Å². The Morgan fingerprint density at radius 3 is 2.65 bits per heavy atom. The first kappa shape index (κ1) is 13.3. The summed E-state index contributed by atoms with van der Waals surface area (Å²) in [6.45, 7) is 2.77. The third-order valence-corrected chi connectivity index (χ3v) is 4.21. The first-order valence-electron chi connectivity index (χ1n) is 7.07. The summed E-state index contributed by atoms with van der Waals surface area (Å²) in [4.78, 5) is 17.3. The molecule has 104 valence electrons. The number of ketones is 1. The van der Waals surface area contributed by atoms with Gasteiger partial charge in [0, 0.05) is 25.2 Å². The maximum atomic E-state index is 12.9. The molecule has 1 heterocycles. The summed E-state index contributed by atoms with van der Waals surface area (Å²) in [6.07, 6.45) is 0. The maximum Gasteiger partial charge on any atom is 0.181 e. The summed E-state index contributed by atoms with van der Waals surface area (Å²) in [6, 6.07) is 14.0. The molecule has 3 heteroatoms. The zero-order valence-electron chi connectivity index (χ0n) is 12.0. The molecule has 0 bridgehead atoms. The van der Waals surface area contributed by atoms with Gasteiger partial charge >= 0.3 is 0 Å². The summed E-state index contributed by atoms with van der Waals surface area (Å²) in [5, 5.41) is 2.19. The number of likely N-dealkylation sites (N-methyl/N-ethyl adjacent to an activating group) is 2. The van der Waals surface area contributed by atoms with Crippen LogP contribution in [0.15, 0.2) is 42.5 Å². The molecule has 2 aromatic carbocycles. The number of carbonyl (C=O) groups excluding carboxylic acids is 1. The second-order valence-electron chi connectivity index (χ2n) is 5.65. The van der Waals surface area contributed by atoms with Gasteiger partial charge in [-0.2, -0.15) is 0 Å². The van der Waals surface area contributed by atoms with Crippen molar-refractivity contribution >= 4 is 16.6 Å². The van der Waals surface area contributed by atoms with Crippen molar-refractivity contribution < 1.29 is 4.79 Å². The summed E-state index contributed by atoms with van der Waals surface area (Å²) in [5.74, 6) is 0.232. The van der Waals surface area contributed by atoms with Crippen LogP contribution in [0.25, 0.3) is 10.8 Å². The van der Waals surface area contributed by atoms with Gasteiger partial charge in [0.05, 0.1) is 6.04 Å². The van der Waals surface area contributed by atoms with Gasteiger partial charge in [0.2, 0.25) is 0 Å². The van der Waals surface area contributed by atoms with E-state index in [0.29, 0.717) is 0 Å². The molecule has 1 aliphatic rings. The fraction of sp³-hybridized carbons (Fsp3) is 0.353. The third kappa shape index (κ3) is 2.35. The largest absolute Gasteiger partial charge is 0.303 e. The van der Waals surface area contributed by atoms with Crippen LogP contribution in [0.3, 0.4) is 0 Å². The van der Waals surface area contributed by atoms with Crippen molar-refractivity contribution in [2.24, 2.45) is 0 Å². The zero-order chi connectivity index (χ0) is 14.1. The van der Waals surface area contributed by atoms with Crippen molar-refractivity contribution in [2.45, 2.75) is 6.04 Å². The van der Waals surface area contributed by atoms with E-state index in [-0.39, 0.29) is 11.8 Å². The van der Waals surface area contributed by atoms with E-state index in [0.717, 1.165) is 36.0 Å². The molecule has 2 aromatic rings. The number of Topliss-reactive ketones (excluding diaryl/α,β-unsaturated/α-hetero) is 1. The smallest absolute Gasteiger partial charge is 0.181 e. The molecule has 0 aliphatic carbocycles. The van der Waals surface area contributed by atoms with Crippen LogP contribution in [-0.4, -0.2) is 55.4 Å². The van der Waals surface area contributed by atoms with Crippen LogP contribution in [-0.2, 0) is 0 Å². The van der Waals surface area contributed by atoms with Crippen LogP contribution in [0, 0.1) is 0 Å². The lowest BCUT2D eigenvalue weighted by Crippen LogP contribution is -2.53. The van der Waals surface area contributed by atoms with E-state index in [1.54, 1.807) is 0 Å². The average Bonchev–Trinajstić information content (AvgIpc) is 2.48. The number of carbonyl (C=O) groups is 1. The quantitative estimate of drug-likeness (QED) is 0.781. The van der Waals surface area contributed by atoms with E-state index in [2.05, 4.69) is 29.0 Å². The molecule has 3 nitrogen and oxygen atoms in total. The predicted octanol–water partition coefficient (Wildman–Crippen LogP) is 2.27. The highest BCUT2D eigenvalue weighted by atomic mass is 16.1. The topological polar surface area (TPSA) is 23.6 Å². The Morgan fingerprint density at radius 1 is 1.05 bits per heavy atom. The molecule has 1 fully saturated rings. The van der Waals surface area contributed by atoms with Gasteiger partial charge in [-0.25, -0.2) is 0 Å². The number of nitrogens with zero attached hydrogens (tertiary/aromatic N) is 2. The van der Waals surface area contributed by atoms with E-state index < -0.39 is 0 Å². The van der Waals surface area contributed by atoms with Crippen molar-refractivity contribution in [3.05, 3.63) is 48.0 Å². The van der Waals surface area contributed by atoms with E-state index in [1.165, 1.54) is 0 Å². The molecule has 1 saturated heterocycles. The standard InChI is InChI=1S/C17H20N2O/c1-18-10-11-19(2)16(12-18)17(20)15-9-5-7-13-6-3-4-8-14(13)15/h3-9,16H,10-12H2,1-2H3. The number of hydrogen-bond acceptors (Lipinski definition) is 3. The lowest BCUT2D eigenvalue weighted by molar-refractivity contribution is 0.0688. The predicted molar refractivity (Wildman–Crippen MR) is 82.2 cm³/mol. The first-order valence-corrected chi connectivity index (χ1v) is 7.07. The molecular formula is C17H20N2O. The van der Waals surface area contributed by atoms with Crippen molar-refractivity contribution in [2.75, 3.05) is 33.7 Å². The lowest BCUT2D eigenvalue weighted by atomic mass is 9.96. The molecule has 20 heavy (non-hydrogen) atoms. The van der Waals surface area contributed by atoms with Crippen LogP contribution in [0.5, 0.6) is 0 Å². The van der Waals surface area contributed by atoms with Gasteiger partial charge < -0.3 is 4.90 Å².